The molecule has 76 valence electrons. The second-order valence-electron chi connectivity index (χ2n) is 3.22. The van der Waals surface area contributed by atoms with Crippen molar-refractivity contribution in [2.24, 2.45) is 0 Å². The average Bonchev–Trinajstić information content (AvgIpc) is 2.45. The highest BCUT2D eigenvalue weighted by molar-refractivity contribution is 14.1. The highest BCUT2D eigenvalue weighted by Gasteiger charge is 2.35. The number of amides is 2. The predicted molar refractivity (Wildman–Crippen MR) is 65.7 cm³/mol. The van der Waals surface area contributed by atoms with E-state index < -0.39 is 0 Å². The van der Waals surface area contributed by atoms with Crippen molar-refractivity contribution in [3.05, 3.63) is 39.5 Å². The maximum Gasteiger partial charge on any atom is 0.271 e. The van der Waals surface area contributed by atoms with E-state index in [2.05, 4.69) is 0 Å². The molecule has 0 radical (unpaired) electrons. The molecular formula is C11H8INO2. The zero-order valence-electron chi connectivity index (χ0n) is 8.03. The first-order valence-corrected chi connectivity index (χ1v) is 5.51. The standard InChI is InChI=1S/C11H8INO2/c1-7-9(12)11(15)13(10(7)14)8-5-3-2-4-6-8/h2-6H,1H3. The summed E-state index contributed by atoms with van der Waals surface area (Å²) in [6, 6.07) is 8.95. The number of anilines is 1. The topological polar surface area (TPSA) is 37.4 Å². The van der Waals surface area contributed by atoms with Crippen LogP contribution >= 0.6 is 22.6 Å². The van der Waals surface area contributed by atoms with Gasteiger partial charge in [0.2, 0.25) is 0 Å². The molecule has 15 heavy (non-hydrogen) atoms. The summed E-state index contributed by atoms with van der Waals surface area (Å²) in [4.78, 5) is 24.7. The molecule has 2 amide bonds. The van der Waals surface area contributed by atoms with E-state index in [0.717, 1.165) is 0 Å². The lowest BCUT2D eigenvalue weighted by molar-refractivity contribution is -0.120. The number of carbonyl (C=O) groups excluding carboxylic acids is 2. The molecule has 0 spiro atoms. The van der Waals surface area contributed by atoms with Gasteiger partial charge in [-0.15, -0.1) is 0 Å². The van der Waals surface area contributed by atoms with Gasteiger partial charge in [0, 0.05) is 5.57 Å². The van der Waals surface area contributed by atoms with Crippen LogP contribution < -0.4 is 4.90 Å². The minimum absolute atomic E-state index is 0.226. The third kappa shape index (κ3) is 1.58. The number of rotatable bonds is 1. The molecule has 1 aromatic carbocycles. The largest absolute Gasteiger partial charge is 0.271 e. The first-order valence-electron chi connectivity index (χ1n) is 4.43. The Morgan fingerprint density at radius 2 is 1.67 bits per heavy atom. The van der Waals surface area contributed by atoms with E-state index in [-0.39, 0.29) is 11.8 Å². The van der Waals surface area contributed by atoms with Crippen LogP contribution in [0.1, 0.15) is 6.92 Å². The molecule has 3 nitrogen and oxygen atoms in total. The van der Waals surface area contributed by atoms with Gasteiger partial charge in [-0.2, -0.15) is 0 Å². The molecule has 0 aromatic heterocycles. The van der Waals surface area contributed by atoms with Crippen molar-refractivity contribution < 1.29 is 9.59 Å². The fourth-order valence-electron chi connectivity index (χ4n) is 1.42. The summed E-state index contributed by atoms with van der Waals surface area (Å²) in [6.45, 7) is 1.67. The van der Waals surface area contributed by atoms with Crippen molar-refractivity contribution >= 4 is 40.1 Å². The van der Waals surface area contributed by atoms with Crippen molar-refractivity contribution in [3.63, 3.8) is 0 Å². The molecule has 1 aliphatic heterocycles. The van der Waals surface area contributed by atoms with E-state index in [1.165, 1.54) is 4.90 Å². The molecule has 0 bridgehead atoms. The molecule has 0 saturated carbocycles. The van der Waals surface area contributed by atoms with Gasteiger partial charge in [-0.05, 0) is 41.6 Å². The van der Waals surface area contributed by atoms with Gasteiger partial charge in [0.05, 0.1) is 9.27 Å². The highest BCUT2D eigenvalue weighted by Crippen LogP contribution is 2.29. The summed E-state index contributed by atoms with van der Waals surface area (Å²) in [5, 5.41) is 0. The van der Waals surface area contributed by atoms with Crippen LogP contribution in [-0.2, 0) is 9.59 Å². The molecular weight excluding hydrogens is 305 g/mol. The van der Waals surface area contributed by atoms with Crippen molar-refractivity contribution in [1.29, 1.82) is 0 Å². The molecule has 0 saturated heterocycles. The Morgan fingerprint density at radius 3 is 2.13 bits per heavy atom. The molecule has 0 N–H and O–H groups in total. The van der Waals surface area contributed by atoms with Crippen molar-refractivity contribution in [3.8, 4) is 0 Å². The molecule has 2 rings (SSSR count). The minimum Gasteiger partial charge on any atom is -0.269 e. The van der Waals surface area contributed by atoms with Crippen LogP contribution in [0.2, 0.25) is 0 Å². The van der Waals surface area contributed by atoms with Crippen LogP contribution in [0.4, 0.5) is 5.69 Å². The summed E-state index contributed by atoms with van der Waals surface area (Å²) in [5.74, 6) is -0.458. The number of hydrogen-bond donors (Lipinski definition) is 0. The van der Waals surface area contributed by atoms with Crippen LogP contribution in [0, 0.1) is 0 Å². The van der Waals surface area contributed by atoms with Crippen LogP contribution in [0.15, 0.2) is 39.5 Å². The molecule has 0 fully saturated rings. The molecule has 0 atom stereocenters. The average molecular weight is 313 g/mol. The maximum absolute atomic E-state index is 11.8. The summed E-state index contributed by atoms with van der Waals surface area (Å²) < 4.78 is 0.501. The Morgan fingerprint density at radius 1 is 1.07 bits per heavy atom. The zero-order chi connectivity index (χ0) is 11.0. The van der Waals surface area contributed by atoms with Crippen LogP contribution in [0.25, 0.3) is 0 Å². The molecule has 1 aromatic rings. The number of para-hydroxylation sites is 1. The Balaban J connectivity index is 2.44. The molecule has 4 heteroatoms. The number of benzene rings is 1. The van der Waals surface area contributed by atoms with Crippen LogP contribution in [-0.4, -0.2) is 11.8 Å². The molecule has 0 unspecified atom stereocenters. The van der Waals surface area contributed by atoms with Crippen LogP contribution in [0.5, 0.6) is 0 Å². The van der Waals surface area contributed by atoms with Gasteiger partial charge < -0.3 is 0 Å². The third-order valence-electron chi connectivity index (χ3n) is 2.26. The number of nitrogens with zero attached hydrogens (tertiary/aromatic N) is 1. The van der Waals surface area contributed by atoms with Gasteiger partial charge >= 0.3 is 0 Å². The number of hydrogen-bond acceptors (Lipinski definition) is 2. The summed E-state index contributed by atoms with van der Waals surface area (Å²) >= 11 is 1.91. The summed E-state index contributed by atoms with van der Waals surface area (Å²) in [6.07, 6.45) is 0. The lowest BCUT2D eigenvalue weighted by Crippen LogP contribution is -2.30. The van der Waals surface area contributed by atoms with E-state index >= 15 is 0 Å². The number of imide groups is 1. The van der Waals surface area contributed by atoms with Gasteiger partial charge in [0.15, 0.2) is 0 Å². The monoisotopic (exact) mass is 313 g/mol. The number of carbonyl (C=O) groups is 2. The quantitative estimate of drug-likeness (QED) is 0.589. The van der Waals surface area contributed by atoms with E-state index in [1.807, 2.05) is 28.7 Å². The predicted octanol–water partition coefficient (Wildman–Crippen LogP) is 2.27. The Hall–Kier alpha value is -1.17. The normalized spacial score (nSPS) is 16.5. The zero-order valence-corrected chi connectivity index (χ0v) is 10.2. The van der Waals surface area contributed by atoms with Gasteiger partial charge in [-0.1, -0.05) is 18.2 Å². The highest BCUT2D eigenvalue weighted by atomic mass is 127. The van der Waals surface area contributed by atoms with E-state index in [0.29, 0.717) is 14.8 Å². The van der Waals surface area contributed by atoms with Crippen molar-refractivity contribution in [2.75, 3.05) is 4.90 Å². The summed E-state index contributed by atoms with van der Waals surface area (Å²) in [7, 11) is 0. The smallest absolute Gasteiger partial charge is 0.269 e. The minimum atomic E-state index is -0.232. The first kappa shape index (κ1) is 10.4. The van der Waals surface area contributed by atoms with Crippen molar-refractivity contribution in [2.45, 2.75) is 6.92 Å². The van der Waals surface area contributed by atoms with E-state index in [1.54, 1.807) is 31.2 Å². The van der Waals surface area contributed by atoms with E-state index in [9.17, 15) is 9.59 Å². The summed E-state index contributed by atoms with van der Waals surface area (Å²) in [5.41, 5.74) is 1.14. The number of halogens is 1. The van der Waals surface area contributed by atoms with Gasteiger partial charge in [0.1, 0.15) is 0 Å². The Labute approximate surface area is 101 Å². The lowest BCUT2D eigenvalue weighted by atomic mass is 10.3. The SMILES string of the molecule is CC1=C(I)C(=O)N(c2ccccc2)C1=O. The molecule has 1 heterocycles. The lowest BCUT2D eigenvalue weighted by Gasteiger charge is -2.13. The third-order valence-corrected chi connectivity index (χ3v) is 3.53. The van der Waals surface area contributed by atoms with Crippen LogP contribution in [0.3, 0.4) is 0 Å². The van der Waals surface area contributed by atoms with Gasteiger partial charge in [0.25, 0.3) is 11.8 Å². The second kappa shape index (κ2) is 3.77. The Bertz CT molecular complexity index is 441. The second-order valence-corrected chi connectivity index (χ2v) is 4.30. The van der Waals surface area contributed by atoms with Gasteiger partial charge in [-0.3, -0.25) is 9.59 Å². The molecule has 0 aliphatic carbocycles. The fourth-order valence-corrected chi connectivity index (χ4v) is 1.90. The van der Waals surface area contributed by atoms with Crippen molar-refractivity contribution in [1.82, 2.24) is 0 Å². The van der Waals surface area contributed by atoms with Gasteiger partial charge in [-0.25, -0.2) is 4.90 Å². The molecule has 1 aliphatic rings. The first-order chi connectivity index (χ1) is 7.13. The van der Waals surface area contributed by atoms with E-state index in [4.69, 9.17) is 0 Å². The Kier molecular flexibility index (Phi) is 2.60. The fraction of sp³-hybridized carbons (Fsp3) is 0.0909. The maximum atomic E-state index is 11.8.